The molecule has 1 aliphatic heterocycles. The van der Waals surface area contributed by atoms with Crippen LogP contribution in [0.4, 0.5) is 8.78 Å². The normalized spacial score (nSPS) is 15.4. The first kappa shape index (κ1) is 29.2. The Morgan fingerprint density at radius 2 is 1.62 bits per heavy atom. The summed E-state index contributed by atoms with van der Waals surface area (Å²) in [6.07, 6.45) is 7.17. The summed E-state index contributed by atoms with van der Waals surface area (Å²) in [5.74, 6) is 5.41. The maximum atomic E-state index is 13.6. The fourth-order valence-electron chi connectivity index (χ4n) is 4.67. The number of nitrogens with zero attached hydrogens (tertiary/aromatic N) is 4. The van der Waals surface area contributed by atoms with Crippen molar-refractivity contribution in [3.63, 3.8) is 0 Å². The fourth-order valence-corrected chi connectivity index (χ4v) is 5.34. The minimum absolute atomic E-state index is 0.279. The molecule has 1 saturated heterocycles. The molecule has 0 amide bonds. The number of aromatic nitrogens is 1. The predicted molar refractivity (Wildman–Crippen MR) is 156 cm³/mol. The van der Waals surface area contributed by atoms with Gasteiger partial charge in [-0.2, -0.15) is 9.50 Å². The van der Waals surface area contributed by atoms with E-state index < -0.39 is 11.0 Å². The number of ether oxygens (including phenoxy) is 1. The van der Waals surface area contributed by atoms with Crippen LogP contribution in [-0.2, 0) is 11.0 Å². The van der Waals surface area contributed by atoms with Crippen LogP contribution in [0.25, 0.3) is 5.57 Å². The van der Waals surface area contributed by atoms with Crippen molar-refractivity contribution in [1.82, 2.24) is 9.88 Å². The molecule has 0 radical (unpaired) electrons. The zero-order valence-corrected chi connectivity index (χ0v) is 23.2. The number of unbranched alkanes of at least 4 members (excludes halogenated alkanes) is 1. The molecule has 2 N–H and O–H groups in total. The fraction of sp³-hybridized carbons (Fsp3) is 0.300. The zero-order valence-electron chi connectivity index (χ0n) is 22.4. The van der Waals surface area contributed by atoms with Crippen molar-refractivity contribution in [2.24, 2.45) is 15.3 Å². The van der Waals surface area contributed by atoms with Gasteiger partial charge in [0.2, 0.25) is 5.88 Å². The molecule has 4 rings (SSSR count). The second-order valence-corrected chi connectivity index (χ2v) is 10.6. The first-order chi connectivity index (χ1) is 19.5. The Bertz CT molecular complexity index is 1320. The van der Waals surface area contributed by atoms with Crippen molar-refractivity contribution in [3.8, 4) is 5.88 Å². The maximum absolute atomic E-state index is 13.6. The molecule has 10 heteroatoms. The molecule has 2 aromatic carbocycles. The van der Waals surface area contributed by atoms with Gasteiger partial charge in [0.15, 0.2) is 11.0 Å². The molecule has 0 saturated carbocycles. The zero-order chi connectivity index (χ0) is 28.3. The van der Waals surface area contributed by atoms with E-state index >= 15 is 0 Å². The molecule has 40 heavy (non-hydrogen) atoms. The highest BCUT2D eigenvalue weighted by molar-refractivity contribution is 7.83. The number of rotatable bonds is 11. The van der Waals surface area contributed by atoms with Gasteiger partial charge in [-0.05, 0) is 85.7 Å². The minimum atomic E-state index is -1.60. The smallest absolute Gasteiger partial charge is 0.212 e. The third-order valence-corrected chi connectivity index (χ3v) is 7.76. The average Bonchev–Trinajstić information content (AvgIpc) is 2.99. The molecule has 1 unspecified atom stereocenters. The minimum Gasteiger partial charge on any atom is -0.481 e. The van der Waals surface area contributed by atoms with E-state index in [-0.39, 0.29) is 11.6 Å². The topological polar surface area (TPSA) is 93.2 Å². The molecule has 1 aromatic heterocycles. The van der Waals surface area contributed by atoms with Crippen molar-refractivity contribution in [2.75, 3.05) is 26.7 Å². The van der Waals surface area contributed by atoms with Crippen molar-refractivity contribution in [2.45, 2.75) is 37.0 Å². The van der Waals surface area contributed by atoms with E-state index in [1.807, 2.05) is 0 Å². The number of halogens is 2. The monoisotopic (exact) mass is 565 g/mol. The van der Waals surface area contributed by atoms with E-state index in [0.29, 0.717) is 22.9 Å². The quantitative estimate of drug-likeness (QED) is 0.143. The molecule has 0 aliphatic carbocycles. The van der Waals surface area contributed by atoms with Crippen LogP contribution in [-0.4, -0.2) is 52.8 Å². The Labute approximate surface area is 236 Å². The molecular formula is C30H33F2N5O2S. The molecule has 1 aliphatic rings. The summed E-state index contributed by atoms with van der Waals surface area (Å²) in [7, 11) is -0.0828. The maximum Gasteiger partial charge on any atom is 0.212 e. The number of pyridine rings is 1. The lowest BCUT2D eigenvalue weighted by molar-refractivity contribution is 0.252. The molecular weight excluding hydrogens is 532 g/mol. The Balaban J connectivity index is 1.28. The Hall–Kier alpha value is -3.76. The van der Waals surface area contributed by atoms with E-state index in [1.165, 1.54) is 49.4 Å². The molecule has 2 heterocycles. The van der Waals surface area contributed by atoms with Crippen LogP contribution >= 0.6 is 0 Å². The number of piperidine rings is 1. The van der Waals surface area contributed by atoms with E-state index in [0.717, 1.165) is 62.0 Å². The van der Waals surface area contributed by atoms with Crippen molar-refractivity contribution in [1.29, 1.82) is 0 Å². The van der Waals surface area contributed by atoms with Crippen LogP contribution in [0.2, 0.25) is 0 Å². The van der Waals surface area contributed by atoms with Crippen LogP contribution in [0, 0.1) is 11.6 Å². The average molecular weight is 566 g/mol. The van der Waals surface area contributed by atoms with Crippen molar-refractivity contribution >= 4 is 28.5 Å². The number of likely N-dealkylation sites (tertiary alicyclic amines) is 1. The van der Waals surface area contributed by atoms with Crippen LogP contribution in [0.5, 0.6) is 5.88 Å². The van der Waals surface area contributed by atoms with Gasteiger partial charge in [0, 0.05) is 25.4 Å². The summed E-state index contributed by atoms with van der Waals surface area (Å²) < 4.78 is 48.6. The van der Waals surface area contributed by atoms with Gasteiger partial charge in [0.25, 0.3) is 0 Å². The van der Waals surface area contributed by atoms with Crippen LogP contribution < -0.4 is 10.6 Å². The third kappa shape index (κ3) is 8.12. The number of benzene rings is 2. The number of hydrazone groups is 1. The molecule has 210 valence electrons. The molecule has 0 spiro atoms. The van der Waals surface area contributed by atoms with Crippen LogP contribution in [0.15, 0.2) is 86.8 Å². The highest BCUT2D eigenvalue weighted by Crippen LogP contribution is 2.32. The summed E-state index contributed by atoms with van der Waals surface area (Å²) in [4.78, 5) is 6.94. The van der Waals surface area contributed by atoms with E-state index in [1.54, 1.807) is 36.4 Å². The van der Waals surface area contributed by atoms with E-state index in [4.69, 9.17) is 10.6 Å². The standard InChI is InChI=1S/C30H33F2N5O2S/c1-39-29-14-13-28(21-34-29)40(38)35-20-27(36-33)4-2-3-17-37-18-15-24(16-19-37)30(22-5-9-25(31)10-6-22)23-7-11-26(32)12-8-23/h5-14,20-21H,2-4,15-19,33H2,1H3/b35-20+,36-27-. The first-order valence-electron chi connectivity index (χ1n) is 13.2. The lowest BCUT2D eigenvalue weighted by atomic mass is 9.88. The summed E-state index contributed by atoms with van der Waals surface area (Å²) >= 11 is 0. The van der Waals surface area contributed by atoms with Crippen molar-refractivity contribution in [3.05, 3.63) is 95.2 Å². The largest absolute Gasteiger partial charge is 0.481 e. The molecule has 0 bridgehead atoms. The molecule has 3 aromatic rings. The number of hydrogen-bond acceptors (Lipinski definition) is 6. The second kappa shape index (κ2) is 14.6. The molecule has 1 fully saturated rings. The lowest BCUT2D eigenvalue weighted by Crippen LogP contribution is -2.32. The Morgan fingerprint density at radius 1 is 1.00 bits per heavy atom. The number of nitrogens with two attached hydrogens (primary N) is 1. The number of methoxy groups -OCH3 is 1. The van der Waals surface area contributed by atoms with Gasteiger partial charge >= 0.3 is 0 Å². The number of hydrogen-bond donors (Lipinski definition) is 1. The Kier molecular flexibility index (Phi) is 10.7. The highest BCUT2D eigenvalue weighted by Gasteiger charge is 2.19. The SMILES string of the molecule is COc1ccc(S(=O)/N=C/C(CCCCN2CCC(=C(c3ccc(F)cc3)c3ccc(F)cc3)CC2)=N\N)cn1. The summed E-state index contributed by atoms with van der Waals surface area (Å²) in [6, 6.07) is 16.3. The van der Waals surface area contributed by atoms with Crippen LogP contribution in [0.1, 0.15) is 43.2 Å². The van der Waals surface area contributed by atoms with E-state index in [9.17, 15) is 13.0 Å². The molecule has 1 atom stereocenters. The highest BCUT2D eigenvalue weighted by atomic mass is 32.2. The second-order valence-electron chi connectivity index (χ2n) is 9.43. The summed E-state index contributed by atoms with van der Waals surface area (Å²) in [6.45, 7) is 2.76. The summed E-state index contributed by atoms with van der Waals surface area (Å²) in [5.41, 5.74) is 4.82. The van der Waals surface area contributed by atoms with Crippen LogP contribution in [0.3, 0.4) is 0 Å². The van der Waals surface area contributed by atoms with Gasteiger partial charge in [-0.3, -0.25) is 0 Å². The van der Waals surface area contributed by atoms with Gasteiger partial charge in [-0.25, -0.2) is 18.0 Å². The summed E-state index contributed by atoms with van der Waals surface area (Å²) in [5, 5.41) is 3.79. The lowest BCUT2D eigenvalue weighted by Gasteiger charge is -2.30. The Morgan fingerprint density at radius 3 is 2.15 bits per heavy atom. The van der Waals surface area contributed by atoms with Gasteiger partial charge < -0.3 is 15.5 Å². The van der Waals surface area contributed by atoms with E-state index in [2.05, 4.69) is 19.4 Å². The van der Waals surface area contributed by atoms with Gasteiger partial charge in [-0.1, -0.05) is 29.8 Å². The predicted octanol–water partition coefficient (Wildman–Crippen LogP) is 5.54. The van der Waals surface area contributed by atoms with Crippen molar-refractivity contribution < 1.29 is 17.7 Å². The van der Waals surface area contributed by atoms with Gasteiger partial charge in [-0.15, -0.1) is 0 Å². The third-order valence-electron chi connectivity index (χ3n) is 6.82. The van der Waals surface area contributed by atoms with Gasteiger partial charge in [0.05, 0.1) is 23.9 Å². The molecule has 7 nitrogen and oxygen atoms in total. The van der Waals surface area contributed by atoms with Gasteiger partial charge in [0.1, 0.15) is 11.6 Å². The first-order valence-corrected chi connectivity index (χ1v) is 14.3.